The van der Waals surface area contributed by atoms with Crippen molar-refractivity contribution in [3.8, 4) is 28.6 Å². The number of anilines is 1. The van der Waals surface area contributed by atoms with Crippen LogP contribution in [0.5, 0.6) is 17.2 Å². The van der Waals surface area contributed by atoms with Gasteiger partial charge in [0.05, 0.1) is 29.4 Å². The predicted octanol–water partition coefficient (Wildman–Crippen LogP) is 3.26. The molecule has 2 aliphatic rings. The molecule has 1 aromatic heterocycles. The number of carbonyl (C=O) groups is 3. The van der Waals surface area contributed by atoms with Crippen molar-refractivity contribution in [2.75, 3.05) is 18.8 Å². The van der Waals surface area contributed by atoms with Crippen molar-refractivity contribution in [1.29, 1.82) is 0 Å². The van der Waals surface area contributed by atoms with E-state index in [-0.39, 0.29) is 41.0 Å². The van der Waals surface area contributed by atoms with E-state index < -0.39 is 22.8 Å². The Hall–Kier alpha value is -5.13. The molecule has 3 heterocycles. The number of carbonyl (C=O) groups excluding carboxylic acids is 3. The normalized spacial score (nSPS) is 16.0. The Morgan fingerprint density at radius 3 is 2.63 bits per heavy atom. The van der Waals surface area contributed by atoms with E-state index in [0.717, 1.165) is 4.90 Å². The van der Waals surface area contributed by atoms with Crippen molar-refractivity contribution in [1.82, 2.24) is 5.32 Å². The first-order chi connectivity index (χ1) is 16.9. The highest BCUT2D eigenvalue weighted by Gasteiger charge is 2.37. The summed E-state index contributed by atoms with van der Waals surface area (Å²) in [4.78, 5) is 49.3. The number of nitrogens with one attached hydrogen (secondary N) is 1. The number of ether oxygens (including phenoxy) is 3. The second-order valence-electron chi connectivity index (χ2n) is 7.34. The molecule has 0 atom stereocenters. The van der Waals surface area contributed by atoms with Crippen molar-refractivity contribution < 1.29 is 37.9 Å². The molecule has 0 spiro atoms. The van der Waals surface area contributed by atoms with Crippen molar-refractivity contribution >= 4 is 35.3 Å². The largest absolute Gasteiger partial charge is 0.496 e. The molecule has 0 saturated carbocycles. The summed E-state index contributed by atoms with van der Waals surface area (Å²) in [6, 6.07) is 10.7. The second-order valence-corrected chi connectivity index (χ2v) is 7.34. The van der Waals surface area contributed by atoms with E-state index in [1.165, 1.54) is 49.6 Å². The lowest BCUT2D eigenvalue weighted by atomic mass is 10.1. The molecule has 5 rings (SSSR count). The van der Waals surface area contributed by atoms with E-state index in [9.17, 15) is 24.5 Å². The number of nitrogens with zero attached hydrogens (tertiary/aromatic N) is 2. The maximum Gasteiger partial charge on any atom is 0.335 e. The molecule has 4 amide bonds. The molecular weight excluding hydrogens is 462 g/mol. The summed E-state index contributed by atoms with van der Waals surface area (Å²) in [5.74, 6) is -0.284. The number of rotatable bonds is 5. The molecule has 35 heavy (non-hydrogen) atoms. The standard InChI is InChI=1S/C23H15N3O9/c1-32-19-9-13(26(30)31)2-5-15(19)17-7-4-14(35-17)10-16-21(27)24-23(29)25(22(16)28)12-3-6-18-20(8-12)34-11-33-18/h2-10H,11H2,1H3,(H,24,27,29)/b16-10+. The summed E-state index contributed by atoms with van der Waals surface area (Å²) in [7, 11) is 1.36. The molecule has 3 aromatic rings. The number of urea groups is 1. The second kappa shape index (κ2) is 8.33. The Labute approximate surface area is 196 Å². The molecule has 12 nitrogen and oxygen atoms in total. The lowest BCUT2D eigenvalue weighted by molar-refractivity contribution is -0.384. The number of fused-ring (bicyclic) bond motifs is 1. The minimum Gasteiger partial charge on any atom is -0.496 e. The van der Waals surface area contributed by atoms with Crippen LogP contribution in [-0.2, 0) is 9.59 Å². The minimum absolute atomic E-state index is 0.0168. The fourth-order valence-electron chi connectivity index (χ4n) is 3.63. The van der Waals surface area contributed by atoms with Crippen LogP contribution in [0.25, 0.3) is 17.4 Å². The SMILES string of the molecule is COc1cc([N+](=O)[O-])ccc1-c1ccc(/C=C2\C(=O)NC(=O)N(c3ccc4c(c3)OCO4)C2=O)o1. The number of methoxy groups -OCH3 is 1. The zero-order valence-corrected chi connectivity index (χ0v) is 18.0. The van der Waals surface area contributed by atoms with Crippen LogP contribution in [0, 0.1) is 10.1 Å². The molecule has 1 fully saturated rings. The number of barbiturate groups is 1. The molecule has 1 saturated heterocycles. The number of imide groups is 2. The van der Waals surface area contributed by atoms with Crippen LogP contribution in [0.1, 0.15) is 5.76 Å². The zero-order valence-electron chi connectivity index (χ0n) is 18.0. The summed E-state index contributed by atoms with van der Waals surface area (Å²) in [5.41, 5.74) is 0.126. The first-order valence-corrected chi connectivity index (χ1v) is 10.1. The Balaban J connectivity index is 1.47. The van der Waals surface area contributed by atoms with E-state index in [0.29, 0.717) is 17.1 Å². The fraction of sp³-hybridized carbons (Fsp3) is 0.0870. The van der Waals surface area contributed by atoms with E-state index in [4.69, 9.17) is 18.6 Å². The van der Waals surface area contributed by atoms with Gasteiger partial charge in [0.1, 0.15) is 22.8 Å². The molecule has 2 aromatic carbocycles. The Bertz CT molecular complexity index is 1440. The van der Waals surface area contributed by atoms with E-state index >= 15 is 0 Å². The number of nitro groups is 1. The van der Waals surface area contributed by atoms with Crippen LogP contribution in [0.3, 0.4) is 0 Å². The van der Waals surface area contributed by atoms with Gasteiger partial charge in [0.2, 0.25) is 6.79 Å². The Morgan fingerprint density at radius 1 is 1.06 bits per heavy atom. The first kappa shape index (κ1) is 21.7. The molecule has 2 aliphatic heterocycles. The van der Waals surface area contributed by atoms with Crippen LogP contribution in [0.2, 0.25) is 0 Å². The number of nitro benzene ring substituents is 1. The van der Waals surface area contributed by atoms with E-state index in [1.54, 1.807) is 12.1 Å². The molecule has 12 heteroatoms. The number of non-ortho nitro benzene ring substituents is 1. The van der Waals surface area contributed by atoms with E-state index in [1.807, 2.05) is 0 Å². The minimum atomic E-state index is -0.910. The topological polar surface area (TPSA) is 150 Å². The van der Waals surface area contributed by atoms with Gasteiger partial charge in [0.15, 0.2) is 11.5 Å². The van der Waals surface area contributed by atoms with Gasteiger partial charge in [0, 0.05) is 12.1 Å². The summed E-state index contributed by atoms with van der Waals surface area (Å²) >= 11 is 0. The third kappa shape index (κ3) is 3.82. The van der Waals surface area contributed by atoms with Gasteiger partial charge in [0.25, 0.3) is 17.5 Å². The molecule has 0 aliphatic carbocycles. The number of furan rings is 1. The van der Waals surface area contributed by atoms with Gasteiger partial charge in [-0.25, -0.2) is 9.69 Å². The van der Waals surface area contributed by atoms with Gasteiger partial charge in [-0.15, -0.1) is 0 Å². The van der Waals surface area contributed by atoms with Crippen molar-refractivity contribution in [3.05, 3.63) is 70.0 Å². The molecule has 1 N–H and O–H groups in total. The Morgan fingerprint density at radius 2 is 1.86 bits per heavy atom. The quantitative estimate of drug-likeness (QED) is 0.253. The highest BCUT2D eigenvalue weighted by molar-refractivity contribution is 6.39. The average molecular weight is 477 g/mol. The lowest BCUT2D eigenvalue weighted by Crippen LogP contribution is -2.54. The van der Waals surface area contributed by atoms with E-state index in [2.05, 4.69) is 5.32 Å². The van der Waals surface area contributed by atoms with Gasteiger partial charge < -0.3 is 18.6 Å². The molecule has 0 bridgehead atoms. The van der Waals surface area contributed by atoms with Gasteiger partial charge in [-0.3, -0.25) is 25.0 Å². The van der Waals surface area contributed by atoms with Crippen molar-refractivity contribution in [3.63, 3.8) is 0 Å². The molecule has 0 unspecified atom stereocenters. The Kier molecular flexibility index (Phi) is 5.17. The smallest absolute Gasteiger partial charge is 0.335 e. The van der Waals surface area contributed by atoms with Gasteiger partial charge in [-0.1, -0.05) is 0 Å². The lowest BCUT2D eigenvalue weighted by Gasteiger charge is -2.26. The summed E-state index contributed by atoms with van der Waals surface area (Å²) in [6.45, 7) is 0.0168. The summed E-state index contributed by atoms with van der Waals surface area (Å²) in [6.07, 6.45) is 1.20. The van der Waals surface area contributed by atoms with Crippen molar-refractivity contribution in [2.24, 2.45) is 0 Å². The predicted molar refractivity (Wildman–Crippen MR) is 119 cm³/mol. The average Bonchev–Trinajstić information content (AvgIpc) is 3.50. The monoisotopic (exact) mass is 477 g/mol. The number of hydrogen-bond acceptors (Lipinski definition) is 9. The summed E-state index contributed by atoms with van der Waals surface area (Å²) in [5, 5.41) is 13.2. The first-order valence-electron chi connectivity index (χ1n) is 10.1. The number of hydrogen-bond donors (Lipinski definition) is 1. The van der Waals surface area contributed by atoms with Crippen LogP contribution in [-0.4, -0.2) is 36.7 Å². The highest BCUT2D eigenvalue weighted by atomic mass is 16.7. The van der Waals surface area contributed by atoms with Crippen LogP contribution in [0.15, 0.2) is 58.5 Å². The van der Waals surface area contributed by atoms with Gasteiger partial charge in [-0.05, 0) is 36.4 Å². The highest BCUT2D eigenvalue weighted by Crippen LogP contribution is 2.37. The van der Waals surface area contributed by atoms with Crippen LogP contribution in [0.4, 0.5) is 16.2 Å². The maximum atomic E-state index is 13.1. The third-order valence-electron chi connectivity index (χ3n) is 5.29. The number of amides is 4. The van der Waals surface area contributed by atoms with Crippen molar-refractivity contribution in [2.45, 2.75) is 0 Å². The third-order valence-corrected chi connectivity index (χ3v) is 5.29. The molecule has 176 valence electrons. The van der Waals surface area contributed by atoms with Crippen LogP contribution < -0.4 is 24.4 Å². The van der Waals surface area contributed by atoms with Gasteiger partial charge in [-0.2, -0.15) is 0 Å². The summed E-state index contributed by atoms with van der Waals surface area (Å²) < 4.78 is 21.5. The fourth-order valence-corrected chi connectivity index (χ4v) is 3.63. The van der Waals surface area contributed by atoms with Crippen LogP contribution >= 0.6 is 0 Å². The molecular formula is C23H15N3O9. The number of benzene rings is 2. The zero-order chi connectivity index (χ0) is 24.7. The maximum absolute atomic E-state index is 13.1. The van der Waals surface area contributed by atoms with Gasteiger partial charge >= 0.3 is 6.03 Å². The molecule has 0 radical (unpaired) electrons.